The molecule has 0 saturated heterocycles. The second-order valence-corrected chi connectivity index (χ2v) is 6.46. The normalized spacial score (nSPS) is 13.4. The molecule has 4 rings (SSSR count). The van der Waals surface area contributed by atoms with E-state index in [4.69, 9.17) is 0 Å². The van der Waals surface area contributed by atoms with Gasteiger partial charge in [0.2, 0.25) is 0 Å². The van der Waals surface area contributed by atoms with Gasteiger partial charge in [-0.05, 0) is 28.0 Å². The molecule has 1 aliphatic rings. The van der Waals surface area contributed by atoms with Crippen LogP contribution in [0.1, 0.15) is 11.1 Å². The number of fused-ring (bicyclic) bond motifs is 2. The van der Waals surface area contributed by atoms with Gasteiger partial charge < -0.3 is 0 Å². The van der Waals surface area contributed by atoms with Crippen molar-refractivity contribution in [1.82, 2.24) is 0 Å². The molecule has 3 aromatic rings. The lowest BCUT2D eigenvalue weighted by atomic mass is 9.96. The molecule has 0 amide bonds. The quantitative estimate of drug-likeness (QED) is 0.417. The molecular weight excluding hydrogens is 228 g/mol. The van der Waals surface area contributed by atoms with E-state index in [1.54, 1.807) is 0 Å². The first-order valence-electron chi connectivity index (χ1n) is 4.48. The van der Waals surface area contributed by atoms with Gasteiger partial charge in [0, 0.05) is 27.6 Å². The van der Waals surface area contributed by atoms with Crippen LogP contribution in [0.25, 0.3) is 19.8 Å². The van der Waals surface area contributed by atoms with Gasteiger partial charge in [0.25, 0.3) is 0 Å². The summed E-state index contributed by atoms with van der Waals surface area (Å²) >= 11 is 5.67. The molecule has 14 heavy (non-hydrogen) atoms. The molecule has 3 heterocycles. The van der Waals surface area contributed by atoms with Crippen molar-refractivity contribution in [2.75, 3.05) is 0 Å². The molecule has 68 valence electrons. The fourth-order valence-corrected chi connectivity index (χ4v) is 5.29. The van der Waals surface area contributed by atoms with Crippen LogP contribution in [0.15, 0.2) is 22.2 Å². The minimum absolute atomic E-state index is 1.14. The van der Waals surface area contributed by atoms with Crippen molar-refractivity contribution >= 4 is 43.4 Å². The van der Waals surface area contributed by atoms with Crippen molar-refractivity contribution in [3.8, 4) is 10.4 Å². The van der Waals surface area contributed by atoms with Crippen LogP contribution in [0.4, 0.5) is 0 Å². The first kappa shape index (κ1) is 7.63. The average Bonchev–Trinajstić information content (AvgIpc) is 2.86. The van der Waals surface area contributed by atoms with Gasteiger partial charge in [0.1, 0.15) is 0 Å². The lowest BCUT2D eigenvalue weighted by Crippen LogP contribution is -1.91. The van der Waals surface area contributed by atoms with Gasteiger partial charge in [-0.3, -0.25) is 0 Å². The largest absolute Gasteiger partial charge is 0.143 e. The van der Waals surface area contributed by atoms with Crippen LogP contribution in [0.5, 0.6) is 0 Å². The lowest BCUT2D eigenvalue weighted by Gasteiger charge is -2.09. The molecule has 0 fully saturated rings. The monoisotopic (exact) mass is 234 g/mol. The van der Waals surface area contributed by atoms with E-state index in [0.717, 1.165) is 6.42 Å². The molecule has 0 aromatic carbocycles. The molecule has 3 heteroatoms. The fourth-order valence-electron chi connectivity index (χ4n) is 2.13. The predicted octanol–water partition coefficient (Wildman–Crippen LogP) is 4.60. The van der Waals surface area contributed by atoms with Crippen LogP contribution in [0.3, 0.4) is 0 Å². The van der Waals surface area contributed by atoms with Crippen molar-refractivity contribution in [2.24, 2.45) is 0 Å². The Hall–Kier alpha value is -0.640. The second kappa shape index (κ2) is 2.48. The van der Waals surface area contributed by atoms with E-state index in [1.807, 2.05) is 34.0 Å². The van der Waals surface area contributed by atoms with E-state index < -0.39 is 0 Å². The summed E-state index contributed by atoms with van der Waals surface area (Å²) in [5.41, 5.74) is 4.53. The molecule has 0 atom stereocenters. The Morgan fingerprint density at radius 3 is 2.93 bits per heavy atom. The van der Waals surface area contributed by atoms with Crippen molar-refractivity contribution in [3.63, 3.8) is 0 Å². The fraction of sp³-hybridized carbons (Fsp3) is 0.0909. The summed E-state index contributed by atoms with van der Waals surface area (Å²) < 4.78 is 1.49. The Morgan fingerprint density at radius 1 is 1.00 bits per heavy atom. The van der Waals surface area contributed by atoms with Gasteiger partial charge in [-0.2, -0.15) is 0 Å². The first-order chi connectivity index (χ1) is 6.93. The van der Waals surface area contributed by atoms with Gasteiger partial charge in [-0.1, -0.05) is 0 Å². The van der Waals surface area contributed by atoms with Gasteiger partial charge in [0.05, 0.1) is 4.01 Å². The van der Waals surface area contributed by atoms with Gasteiger partial charge in [-0.15, -0.1) is 34.0 Å². The van der Waals surface area contributed by atoms with Crippen LogP contribution in [0.2, 0.25) is 0 Å². The third kappa shape index (κ3) is 0.787. The maximum atomic E-state index is 2.32. The minimum atomic E-state index is 1.14. The zero-order valence-corrected chi connectivity index (χ0v) is 9.69. The van der Waals surface area contributed by atoms with Crippen molar-refractivity contribution in [1.29, 1.82) is 0 Å². The zero-order chi connectivity index (χ0) is 9.12. The summed E-state index contributed by atoms with van der Waals surface area (Å²) in [5, 5.41) is 8.39. The minimum Gasteiger partial charge on any atom is -0.143 e. The number of thiophene rings is 3. The van der Waals surface area contributed by atoms with E-state index in [-0.39, 0.29) is 0 Å². The standard InChI is InChI=1S/C11H6S3/c1-2-12-10-6(1)3-7-4-13-11-9(7)8(10)5-14-11/h1-2,4-5H,3H2. The average molecular weight is 234 g/mol. The third-order valence-corrected chi connectivity index (χ3v) is 5.92. The summed E-state index contributed by atoms with van der Waals surface area (Å²) in [5.74, 6) is 0. The molecule has 0 spiro atoms. The van der Waals surface area contributed by atoms with E-state index in [2.05, 4.69) is 22.2 Å². The molecule has 0 N–H and O–H groups in total. The smallest absolute Gasteiger partial charge is 0.0874 e. The highest BCUT2D eigenvalue weighted by atomic mass is 32.2. The highest BCUT2D eigenvalue weighted by Gasteiger charge is 2.21. The Kier molecular flexibility index (Phi) is 1.35. The topological polar surface area (TPSA) is 0 Å². The molecular formula is C11H6S3. The maximum absolute atomic E-state index is 2.32. The third-order valence-electron chi connectivity index (χ3n) is 2.76. The van der Waals surface area contributed by atoms with Crippen LogP contribution in [-0.4, -0.2) is 0 Å². The summed E-state index contributed by atoms with van der Waals surface area (Å²) in [6.07, 6.45) is 1.14. The molecule has 0 unspecified atom stereocenters. The second-order valence-electron chi connectivity index (χ2n) is 3.52. The van der Waals surface area contributed by atoms with Crippen LogP contribution in [0, 0.1) is 0 Å². The molecule has 3 aromatic heterocycles. The summed E-state index contributed by atoms with van der Waals surface area (Å²) in [7, 11) is 0. The predicted molar refractivity (Wildman–Crippen MR) is 65.8 cm³/mol. The van der Waals surface area contributed by atoms with E-state index >= 15 is 0 Å². The van der Waals surface area contributed by atoms with Crippen LogP contribution < -0.4 is 0 Å². The van der Waals surface area contributed by atoms with Gasteiger partial charge >= 0.3 is 0 Å². The number of hydrogen-bond donors (Lipinski definition) is 0. The molecule has 0 aliphatic heterocycles. The van der Waals surface area contributed by atoms with E-state index in [1.165, 1.54) is 31.0 Å². The number of rotatable bonds is 0. The van der Waals surface area contributed by atoms with E-state index in [9.17, 15) is 0 Å². The molecule has 1 aliphatic carbocycles. The Bertz CT molecular complexity index is 624. The SMILES string of the molecule is c1cc2c(s1)-c1csc3scc(c13)C2. The van der Waals surface area contributed by atoms with Crippen LogP contribution in [-0.2, 0) is 6.42 Å². The van der Waals surface area contributed by atoms with Crippen molar-refractivity contribution in [2.45, 2.75) is 6.42 Å². The highest BCUT2D eigenvalue weighted by Crippen LogP contribution is 2.47. The molecule has 0 bridgehead atoms. The maximum Gasteiger partial charge on any atom is 0.0874 e. The van der Waals surface area contributed by atoms with Gasteiger partial charge in [-0.25, -0.2) is 0 Å². The van der Waals surface area contributed by atoms with Crippen LogP contribution >= 0.6 is 34.0 Å². The Balaban J connectivity index is 2.26. The molecule has 0 saturated carbocycles. The van der Waals surface area contributed by atoms with E-state index in [0.29, 0.717) is 0 Å². The summed E-state index contributed by atoms with van der Waals surface area (Å²) in [6.45, 7) is 0. The number of hydrogen-bond acceptors (Lipinski definition) is 3. The molecule has 0 nitrogen and oxygen atoms in total. The summed E-state index contributed by atoms with van der Waals surface area (Å²) in [4.78, 5) is 1.50. The molecule has 0 radical (unpaired) electrons. The van der Waals surface area contributed by atoms with Crippen molar-refractivity contribution in [3.05, 3.63) is 33.3 Å². The first-order valence-corrected chi connectivity index (χ1v) is 7.11. The zero-order valence-electron chi connectivity index (χ0n) is 7.24. The lowest BCUT2D eigenvalue weighted by molar-refractivity contribution is 1.24. The van der Waals surface area contributed by atoms with Gasteiger partial charge in [0.15, 0.2) is 0 Å². The highest BCUT2D eigenvalue weighted by molar-refractivity contribution is 7.37. The van der Waals surface area contributed by atoms with Crippen molar-refractivity contribution < 1.29 is 0 Å². The summed E-state index contributed by atoms with van der Waals surface area (Å²) in [6, 6.07) is 2.27. The Labute approximate surface area is 93.5 Å². The Morgan fingerprint density at radius 2 is 1.93 bits per heavy atom.